The van der Waals surface area contributed by atoms with Crippen molar-refractivity contribution in [3.05, 3.63) is 42.4 Å². The first-order chi connectivity index (χ1) is 17.5. The third-order valence-corrected chi connectivity index (χ3v) is 7.13. The van der Waals surface area contributed by atoms with Crippen LogP contribution in [0.4, 0.5) is 5.82 Å². The average Bonchev–Trinajstić information content (AvgIpc) is 3.54. The van der Waals surface area contributed by atoms with Gasteiger partial charge >= 0.3 is 5.97 Å². The van der Waals surface area contributed by atoms with Crippen molar-refractivity contribution >= 4 is 17.3 Å². The maximum Gasteiger partial charge on any atom is 0.306 e. The van der Waals surface area contributed by atoms with Crippen LogP contribution in [0.15, 0.2) is 36.8 Å². The zero-order valence-corrected chi connectivity index (χ0v) is 20.8. The van der Waals surface area contributed by atoms with E-state index in [0.717, 1.165) is 54.8 Å². The van der Waals surface area contributed by atoms with Crippen LogP contribution in [0.5, 0.6) is 5.75 Å². The fraction of sp³-hybridized carbons (Fsp3) is 0.481. The van der Waals surface area contributed by atoms with Crippen molar-refractivity contribution in [2.75, 3.05) is 37.8 Å². The fourth-order valence-corrected chi connectivity index (χ4v) is 5.01. The molecule has 0 N–H and O–H groups in total. The zero-order valence-electron chi connectivity index (χ0n) is 20.8. The smallest absolute Gasteiger partial charge is 0.306 e. The lowest BCUT2D eigenvalue weighted by molar-refractivity contribution is -0.152. The molecule has 9 heteroatoms. The maximum absolute atomic E-state index is 12.4. The molecule has 3 aromatic rings. The first-order valence-corrected chi connectivity index (χ1v) is 12.5. The van der Waals surface area contributed by atoms with E-state index < -0.39 is 0 Å². The van der Waals surface area contributed by atoms with E-state index in [1.165, 1.54) is 0 Å². The molecular weight excluding hydrogens is 458 g/mol. The summed E-state index contributed by atoms with van der Waals surface area (Å²) in [5, 5.41) is 13.9. The summed E-state index contributed by atoms with van der Waals surface area (Å²) in [6, 6.07) is 8.19. The van der Waals surface area contributed by atoms with Crippen LogP contribution in [0, 0.1) is 16.7 Å². The molecule has 188 valence electrons. The van der Waals surface area contributed by atoms with Crippen molar-refractivity contribution in [1.29, 1.82) is 5.26 Å². The molecule has 0 radical (unpaired) electrons. The van der Waals surface area contributed by atoms with Crippen molar-refractivity contribution in [3.63, 3.8) is 0 Å². The van der Waals surface area contributed by atoms with E-state index in [-0.39, 0.29) is 17.5 Å². The first-order valence-electron chi connectivity index (χ1n) is 12.5. The van der Waals surface area contributed by atoms with Gasteiger partial charge in [0.25, 0.3) is 0 Å². The third kappa shape index (κ3) is 5.00. The molecule has 0 amide bonds. The fourth-order valence-electron chi connectivity index (χ4n) is 5.01. The predicted molar refractivity (Wildman–Crippen MR) is 134 cm³/mol. The lowest BCUT2D eigenvalue weighted by Gasteiger charge is -2.39. The molecule has 5 rings (SSSR count). The van der Waals surface area contributed by atoms with Crippen LogP contribution in [0.2, 0.25) is 0 Å². The number of piperidine rings is 1. The number of hydrogen-bond donors (Lipinski definition) is 0. The van der Waals surface area contributed by atoms with Gasteiger partial charge in [-0.3, -0.25) is 4.79 Å². The highest BCUT2D eigenvalue weighted by atomic mass is 16.6. The number of fused-ring (bicyclic) bond motifs is 1. The van der Waals surface area contributed by atoms with Crippen molar-refractivity contribution in [2.24, 2.45) is 5.41 Å². The molecule has 2 fully saturated rings. The number of esters is 1. The van der Waals surface area contributed by atoms with Gasteiger partial charge in [0.2, 0.25) is 0 Å². The lowest BCUT2D eigenvalue weighted by Crippen LogP contribution is -2.40. The molecule has 0 unspecified atom stereocenters. The number of carbonyl (C=O) groups excluding carboxylic acids is 1. The minimum absolute atomic E-state index is 0.0754. The molecule has 2 aliphatic heterocycles. The summed E-state index contributed by atoms with van der Waals surface area (Å²) in [6.45, 7) is 7.47. The van der Waals surface area contributed by atoms with E-state index in [9.17, 15) is 10.1 Å². The molecule has 0 spiro atoms. The lowest BCUT2D eigenvalue weighted by atomic mass is 9.77. The van der Waals surface area contributed by atoms with E-state index in [4.69, 9.17) is 19.2 Å². The van der Waals surface area contributed by atoms with E-state index >= 15 is 0 Å². The number of nitriles is 1. The van der Waals surface area contributed by atoms with Gasteiger partial charge in [-0.2, -0.15) is 10.4 Å². The van der Waals surface area contributed by atoms with Crippen LogP contribution in [-0.4, -0.2) is 59.6 Å². The summed E-state index contributed by atoms with van der Waals surface area (Å²) in [5.74, 6) is 1.46. The Labute approximate surface area is 210 Å². The Balaban J connectivity index is 1.28. The van der Waals surface area contributed by atoms with Gasteiger partial charge in [-0.05, 0) is 43.4 Å². The highest BCUT2D eigenvalue weighted by Crippen LogP contribution is 2.37. The number of rotatable bonds is 7. The zero-order chi connectivity index (χ0) is 25.1. The monoisotopic (exact) mass is 489 g/mol. The van der Waals surface area contributed by atoms with Crippen LogP contribution in [0.3, 0.4) is 0 Å². The summed E-state index contributed by atoms with van der Waals surface area (Å²) in [7, 11) is 0. The standard InChI is InChI=1S/C27H31N5O4/c1-3-35-22-12-23(26-20(14-28)16-30-32(26)17-22)19-4-5-24(29-15-19)31-9-7-27(2,8-10-31)13-25(33)36-21-6-11-34-18-21/h4-5,12,15-17,21H,3,6-11,13,18H2,1-2H3/t21-/m0/s1. The van der Waals surface area contributed by atoms with E-state index in [0.29, 0.717) is 37.6 Å². The molecule has 0 aromatic carbocycles. The second-order valence-corrected chi connectivity index (χ2v) is 9.84. The van der Waals surface area contributed by atoms with Crippen molar-refractivity contribution < 1.29 is 19.0 Å². The minimum atomic E-state index is -0.124. The Hall–Kier alpha value is -3.64. The van der Waals surface area contributed by atoms with Gasteiger partial charge in [0.15, 0.2) is 0 Å². The average molecular weight is 490 g/mol. The Morgan fingerprint density at radius 1 is 1.31 bits per heavy atom. The van der Waals surface area contributed by atoms with Gasteiger partial charge in [-0.25, -0.2) is 9.50 Å². The number of nitrogens with zero attached hydrogens (tertiary/aromatic N) is 5. The molecule has 2 saturated heterocycles. The van der Waals surface area contributed by atoms with Crippen LogP contribution in [0.1, 0.15) is 45.1 Å². The van der Waals surface area contributed by atoms with Gasteiger partial charge in [0, 0.05) is 36.8 Å². The summed E-state index contributed by atoms with van der Waals surface area (Å²) < 4.78 is 18.3. The topological polar surface area (TPSA) is 102 Å². The Morgan fingerprint density at radius 2 is 2.14 bits per heavy atom. The number of carbonyl (C=O) groups is 1. The number of pyridine rings is 2. The number of aromatic nitrogens is 3. The second kappa shape index (κ2) is 10.2. The Kier molecular flexibility index (Phi) is 6.79. The Bertz CT molecular complexity index is 1270. The number of ether oxygens (including phenoxy) is 3. The molecule has 9 nitrogen and oxygen atoms in total. The van der Waals surface area contributed by atoms with Crippen LogP contribution >= 0.6 is 0 Å². The highest BCUT2D eigenvalue weighted by molar-refractivity contribution is 5.85. The molecule has 3 aromatic heterocycles. The van der Waals surface area contributed by atoms with E-state index in [1.807, 2.05) is 31.3 Å². The molecule has 0 bridgehead atoms. The quantitative estimate of drug-likeness (QED) is 0.459. The third-order valence-electron chi connectivity index (χ3n) is 7.13. The molecule has 0 aliphatic carbocycles. The van der Waals surface area contributed by atoms with Gasteiger partial charge in [-0.15, -0.1) is 0 Å². The second-order valence-electron chi connectivity index (χ2n) is 9.84. The largest absolute Gasteiger partial charge is 0.492 e. The van der Waals surface area contributed by atoms with Gasteiger partial charge in [-0.1, -0.05) is 6.92 Å². The Morgan fingerprint density at radius 3 is 2.81 bits per heavy atom. The molecular formula is C27H31N5O4. The molecule has 1 atom stereocenters. The number of anilines is 1. The SMILES string of the molecule is CCOc1cc(-c2ccc(N3CCC(C)(CC(=O)O[C@H]4CCOC4)CC3)nc2)c2c(C#N)cnn2c1. The number of hydrogen-bond acceptors (Lipinski definition) is 8. The van der Waals surface area contributed by atoms with E-state index in [1.54, 1.807) is 16.9 Å². The summed E-state index contributed by atoms with van der Waals surface area (Å²) in [6.07, 6.45) is 8.11. The molecule has 2 aliphatic rings. The van der Waals surface area contributed by atoms with Crippen molar-refractivity contribution in [1.82, 2.24) is 14.6 Å². The van der Waals surface area contributed by atoms with Crippen LogP contribution < -0.4 is 9.64 Å². The van der Waals surface area contributed by atoms with E-state index in [2.05, 4.69) is 23.0 Å². The van der Waals surface area contributed by atoms with Crippen LogP contribution in [-0.2, 0) is 14.3 Å². The normalized spacial score (nSPS) is 19.2. The van der Waals surface area contributed by atoms with Gasteiger partial charge in [0.05, 0.1) is 49.7 Å². The first kappa shape index (κ1) is 24.1. The maximum atomic E-state index is 12.4. The summed E-state index contributed by atoms with van der Waals surface area (Å²) in [5.41, 5.74) is 2.91. The van der Waals surface area contributed by atoms with Crippen molar-refractivity contribution in [3.8, 4) is 22.9 Å². The highest BCUT2D eigenvalue weighted by Gasteiger charge is 2.34. The van der Waals surface area contributed by atoms with Crippen molar-refractivity contribution in [2.45, 2.75) is 45.6 Å². The predicted octanol–water partition coefficient (Wildman–Crippen LogP) is 4.00. The summed E-state index contributed by atoms with van der Waals surface area (Å²) in [4.78, 5) is 19.4. The minimum Gasteiger partial charge on any atom is -0.492 e. The van der Waals surface area contributed by atoms with Gasteiger partial charge in [0.1, 0.15) is 23.7 Å². The molecule has 5 heterocycles. The molecule has 36 heavy (non-hydrogen) atoms. The van der Waals surface area contributed by atoms with Gasteiger partial charge < -0.3 is 19.1 Å². The molecule has 0 saturated carbocycles. The van der Waals surface area contributed by atoms with Crippen LogP contribution in [0.25, 0.3) is 16.6 Å². The summed E-state index contributed by atoms with van der Waals surface area (Å²) >= 11 is 0.